The molecule has 0 bridgehead atoms. The van der Waals surface area contributed by atoms with Gasteiger partial charge in [0.25, 0.3) is 0 Å². The fraction of sp³-hybridized carbons (Fsp3) is 0.0870. The van der Waals surface area contributed by atoms with Crippen LogP contribution in [0.5, 0.6) is 0 Å². The third-order valence-corrected chi connectivity index (χ3v) is 6.81. The van der Waals surface area contributed by atoms with Crippen molar-refractivity contribution in [3.8, 4) is 0 Å². The van der Waals surface area contributed by atoms with Crippen LogP contribution in [0.2, 0.25) is 0 Å². The van der Waals surface area contributed by atoms with E-state index in [0.29, 0.717) is 17.7 Å². The number of amides is 2. The normalized spacial score (nSPS) is 10.7. The summed E-state index contributed by atoms with van der Waals surface area (Å²) < 4.78 is 2.22. The summed E-state index contributed by atoms with van der Waals surface area (Å²) in [7, 11) is 1.62. The number of benzene rings is 2. The molecule has 0 saturated heterocycles. The van der Waals surface area contributed by atoms with Crippen LogP contribution in [0.3, 0.4) is 0 Å². The molecular formula is C23H20N4O2Se. The molecular weight excluding hydrogens is 443 g/mol. The van der Waals surface area contributed by atoms with Gasteiger partial charge in [-0.25, -0.2) is 0 Å². The Hall–Kier alpha value is -3.41. The van der Waals surface area contributed by atoms with Crippen LogP contribution in [0.15, 0.2) is 73.1 Å². The van der Waals surface area contributed by atoms with Crippen molar-refractivity contribution >= 4 is 46.6 Å². The number of aromatic amines is 1. The van der Waals surface area contributed by atoms with Gasteiger partial charge in [-0.3, -0.25) is 0 Å². The molecule has 4 rings (SSSR count). The Labute approximate surface area is 180 Å². The number of carbonyl (C=O) groups is 2. The van der Waals surface area contributed by atoms with E-state index in [4.69, 9.17) is 0 Å². The van der Waals surface area contributed by atoms with Gasteiger partial charge in [0.2, 0.25) is 0 Å². The molecule has 0 aliphatic rings. The number of hydrogen-bond acceptors (Lipinski definition) is 3. The first-order valence-electron chi connectivity index (χ1n) is 9.43. The quantitative estimate of drug-likeness (QED) is 0.379. The standard InChI is InChI=1S/C23H20N4O2Se/c1-24-22(28)16-8-9-20-19(12-16)21(14-26-20)30-18-7-4-5-15(11-18)23(29)27-13-17-6-2-3-10-25-17/h2-12,14,26H,13H2,1H3,(H,24,28)(H,27,29). The first-order chi connectivity index (χ1) is 14.6. The van der Waals surface area contributed by atoms with Crippen molar-refractivity contribution < 1.29 is 9.59 Å². The van der Waals surface area contributed by atoms with E-state index in [0.717, 1.165) is 25.5 Å². The van der Waals surface area contributed by atoms with E-state index in [-0.39, 0.29) is 26.8 Å². The maximum atomic E-state index is 12.6. The van der Waals surface area contributed by atoms with E-state index in [9.17, 15) is 9.59 Å². The molecule has 0 saturated carbocycles. The van der Waals surface area contributed by atoms with Gasteiger partial charge in [0.1, 0.15) is 0 Å². The third kappa shape index (κ3) is 4.43. The number of hydrogen-bond donors (Lipinski definition) is 3. The molecule has 0 radical (unpaired) electrons. The molecule has 7 heteroatoms. The molecule has 0 aliphatic heterocycles. The molecule has 2 amide bonds. The molecule has 0 unspecified atom stereocenters. The number of fused-ring (bicyclic) bond motifs is 1. The van der Waals surface area contributed by atoms with Crippen molar-refractivity contribution in [1.29, 1.82) is 0 Å². The van der Waals surface area contributed by atoms with E-state index in [1.54, 1.807) is 19.3 Å². The first kappa shape index (κ1) is 19.9. The maximum absolute atomic E-state index is 12.6. The topological polar surface area (TPSA) is 86.9 Å². The number of pyridine rings is 1. The second-order valence-electron chi connectivity index (χ2n) is 6.63. The molecule has 4 aromatic rings. The van der Waals surface area contributed by atoms with Gasteiger partial charge in [0.05, 0.1) is 0 Å². The van der Waals surface area contributed by atoms with Crippen LogP contribution in [-0.2, 0) is 6.54 Å². The Morgan fingerprint density at radius 1 is 1.00 bits per heavy atom. The van der Waals surface area contributed by atoms with Gasteiger partial charge in [-0.1, -0.05) is 0 Å². The summed E-state index contributed by atoms with van der Waals surface area (Å²) in [4.78, 5) is 32.0. The van der Waals surface area contributed by atoms with Crippen molar-refractivity contribution in [2.45, 2.75) is 6.54 Å². The average Bonchev–Trinajstić information content (AvgIpc) is 3.19. The fourth-order valence-corrected chi connectivity index (χ4v) is 5.13. The van der Waals surface area contributed by atoms with Gasteiger partial charge < -0.3 is 0 Å². The molecule has 2 heterocycles. The summed E-state index contributed by atoms with van der Waals surface area (Å²) in [6.45, 7) is 0.389. The summed E-state index contributed by atoms with van der Waals surface area (Å²) in [6, 6.07) is 18.9. The van der Waals surface area contributed by atoms with E-state index < -0.39 is 0 Å². The monoisotopic (exact) mass is 464 g/mol. The van der Waals surface area contributed by atoms with Crippen LogP contribution in [0.4, 0.5) is 0 Å². The summed E-state index contributed by atoms with van der Waals surface area (Å²) in [5, 5.41) is 6.60. The zero-order chi connectivity index (χ0) is 20.9. The second kappa shape index (κ2) is 8.95. The van der Waals surface area contributed by atoms with Gasteiger partial charge in [-0.2, -0.15) is 0 Å². The van der Waals surface area contributed by atoms with E-state index in [1.807, 2.05) is 60.8 Å². The molecule has 0 aliphatic carbocycles. The van der Waals surface area contributed by atoms with Gasteiger partial charge in [0.15, 0.2) is 0 Å². The summed E-state index contributed by atoms with van der Waals surface area (Å²) in [5.74, 6) is -0.234. The molecule has 3 N–H and O–H groups in total. The summed E-state index contributed by atoms with van der Waals surface area (Å²) in [6.07, 6.45) is 3.69. The Bertz CT molecular complexity index is 1200. The fourth-order valence-electron chi connectivity index (χ4n) is 3.07. The van der Waals surface area contributed by atoms with Gasteiger partial charge in [-0.05, 0) is 0 Å². The van der Waals surface area contributed by atoms with Gasteiger partial charge in [0, 0.05) is 0 Å². The van der Waals surface area contributed by atoms with E-state index in [2.05, 4.69) is 20.6 Å². The third-order valence-electron chi connectivity index (χ3n) is 4.61. The second-order valence-corrected chi connectivity index (χ2v) is 8.97. The first-order valence-corrected chi connectivity index (χ1v) is 11.1. The number of aromatic nitrogens is 2. The van der Waals surface area contributed by atoms with E-state index in [1.165, 1.54) is 0 Å². The molecule has 150 valence electrons. The molecule has 30 heavy (non-hydrogen) atoms. The summed E-state index contributed by atoms with van der Waals surface area (Å²) >= 11 is -0.0170. The van der Waals surface area contributed by atoms with Crippen molar-refractivity contribution in [2.24, 2.45) is 0 Å². The SMILES string of the molecule is CNC(=O)c1ccc2[nH]cc([Se]c3cccc(C(=O)NCc4ccccn4)c3)c2c1. The number of nitrogens with one attached hydrogen (secondary N) is 3. The molecule has 2 aromatic carbocycles. The van der Waals surface area contributed by atoms with E-state index >= 15 is 0 Å². The Kier molecular flexibility index (Phi) is 5.93. The Morgan fingerprint density at radius 2 is 1.87 bits per heavy atom. The zero-order valence-corrected chi connectivity index (χ0v) is 18.0. The minimum absolute atomic E-state index is 0.0170. The van der Waals surface area contributed by atoms with Crippen LogP contribution >= 0.6 is 0 Å². The number of carbonyl (C=O) groups excluding carboxylic acids is 2. The van der Waals surface area contributed by atoms with Crippen LogP contribution in [0.1, 0.15) is 26.4 Å². The Morgan fingerprint density at radius 3 is 2.67 bits per heavy atom. The number of H-pyrrole nitrogens is 1. The molecule has 0 spiro atoms. The van der Waals surface area contributed by atoms with Crippen LogP contribution in [0.25, 0.3) is 10.9 Å². The van der Waals surface area contributed by atoms with Crippen molar-refractivity contribution in [1.82, 2.24) is 20.6 Å². The molecule has 0 atom stereocenters. The predicted molar refractivity (Wildman–Crippen MR) is 119 cm³/mol. The minimum atomic E-state index is -0.126. The molecule has 6 nitrogen and oxygen atoms in total. The zero-order valence-electron chi connectivity index (χ0n) is 16.3. The van der Waals surface area contributed by atoms with Crippen molar-refractivity contribution in [3.63, 3.8) is 0 Å². The van der Waals surface area contributed by atoms with Gasteiger partial charge in [-0.15, -0.1) is 0 Å². The number of nitrogens with zero attached hydrogens (tertiary/aromatic N) is 1. The summed E-state index contributed by atoms with van der Waals surface area (Å²) in [5.41, 5.74) is 3.06. The van der Waals surface area contributed by atoms with Crippen LogP contribution in [0, 0.1) is 0 Å². The van der Waals surface area contributed by atoms with Gasteiger partial charge >= 0.3 is 180 Å². The number of rotatable bonds is 6. The Balaban J connectivity index is 1.51. The van der Waals surface area contributed by atoms with Crippen LogP contribution < -0.4 is 19.6 Å². The molecule has 0 fully saturated rings. The van der Waals surface area contributed by atoms with Crippen LogP contribution in [-0.4, -0.2) is 43.8 Å². The van der Waals surface area contributed by atoms with Crippen molar-refractivity contribution in [2.75, 3.05) is 7.05 Å². The average molecular weight is 463 g/mol. The van der Waals surface area contributed by atoms with Crippen molar-refractivity contribution in [3.05, 3.63) is 89.9 Å². The molecule has 2 aromatic heterocycles. The predicted octanol–water partition coefficient (Wildman–Crippen LogP) is 1.51.